The molecular formula is H6O11S5. The molecule has 0 aliphatic rings. The molecule has 0 aliphatic heterocycles. The van der Waals surface area contributed by atoms with Crippen LogP contribution in [0.3, 0.4) is 0 Å². The standard InChI is InChI=1S/H6O11S5/c1-12(2)8-14(5)10-16(7)11-15(6)9-13(3)4/h5-6,14-15H,(H,1,2)(H,3,4). The molecule has 16 heteroatoms. The SMILES string of the molecule is O=S(O)O[SH](O)OS(=O)O[SH](O)OS(=O)O. The van der Waals surface area contributed by atoms with E-state index in [2.05, 4.69) is 14.5 Å². The first-order valence-electron chi connectivity index (χ1n) is 2.66. The van der Waals surface area contributed by atoms with Crippen molar-refractivity contribution in [3.8, 4) is 0 Å². The second kappa shape index (κ2) is 8.85. The minimum atomic E-state index is -2.98. The van der Waals surface area contributed by atoms with Crippen LogP contribution in [0.5, 0.6) is 0 Å². The van der Waals surface area contributed by atoms with Crippen molar-refractivity contribution in [1.29, 1.82) is 0 Å². The zero-order valence-corrected chi connectivity index (χ0v) is 11.0. The smallest absolute Gasteiger partial charge is 0.308 e. The van der Waals surface area contributed by atoms with Crippen LogP contribution in [0.25, 0.3) is 0 Å². The Labute approximate surface area is 103 Å². The van der Waals surface area contributed by atoms with Gasteiger partial charge >= 0.3 is 34.1 Å². The van der Waals surface area contributed by atoms with Crippen molar-refractivity contribution >= 4 is 57.6 Å². The van der Waals surface area contributed by atoms with Gasteiger partial charge in [0.25, 0.3) is 0 Å². The molecule has 0 bridgehead atoms. The average molecular weight is 342 g/mol. The highest BCUT2D eigenvalue weighted by molar-refractivity contribution is 8.15. The summed E-state index contributed by atoms with van der Waals surface area (Å²) in [6, 6.07) is 0. The average Bonchev–Trinajstić information content (AvgIpc) is 1.97. The van der Waals surface area contributed by atoms with Crippen LogP contribution >= 0.6 is 23.5 Å². The molecule has 0 aromatic rings. The minimum Gasteiger partial charge on any atom is -0.308 e. The first-order valence-corrected chi connectivity index (χ1v) is 7.99. The van der Waals surface area contributed by atoms with Crippen LogP contribution in [0.1, 0.15) is 0 Å². The number of rotatable bonds is 8. The molecule has 0 saturated carbocycles. The fraction of sp³-hybridized carbons (Fsp3) is 0. The third-order valence-electron chi connectivity index (χ3n) is 0.504. The molecule has 16 heavy (non-hydrogen) atoms. The summed E-state index contributed by atoms with van der Waals surface area (Å²) in [7, 11) is 0. The third-order valence-corrected chi connectivity index (χ3v) is 4.54. The van der Waals surface area contributed by atoms with Gasteiger partial charge in [0.2, 0.25) is 0 Å². The summed E-state index contributed by atoms with van der Waals surface area (Å²) in [5.41, 5.74) is 0. The van der Waals surface area contributed by atoms with Crippen molar-refractivity contribution in [2.75, 3.05) is 0 Å². The normalized spacial score (nSPS) is 23.2. The van der Waals surface area contributed by atoms with Crippen molar-refractivity contribution in [2.24, 2.45) is 0 Å². The van der Waals surface area contributed by atoms with Crippen LogP contribution in [-0.4, -0.2) is 30.8 Å². The molecule has 0 aromatic carbocycles. The van der Waals surface area contributed by atoms with Gasteiger partial charge in [-0.15, -0.1) is 0 Å². The summed E-state index contributed by atoms with van der Waals surface area (Å²) < 4.78 is 79.3. The molecule has 4 unspecified atom stereocenters. The molecule has 0 rings (SSSR count). The molecule has 102 valence electrons. The largest absolute Gasteiger partial charge is 0.332 e. The summed E-state index contributed by atoms with van der Waals surface area (Å²) in [5.74, 6) is 0. The van der Waals surface area contributed by atoms with Crippen LogP contribution in [0.4, 0.5) is 0 Å². The minimum absolute atomic E-state index is 2.80. The fourth-order valence-corrected chi connectivity index (χ4v) is 2.96. The maximum atomic E-state index is 10.7. The Bertz CT molecular complexity index is 246. The van der Waals surface area contributed by atoms with Crippen molar-refractivity contribution in [2.45, 2.75) is 0 Å². The lowest BCUT2D eigenvalue weighted by atomic mass is 15.7. The third kappa shape index (κ3) is 10.0. The Kier molecular flexibility index (Phi) is 9.31. The molecule has 11 nitrogen and oxygen atoms in total. The lowest BCUT2D eigenvalue weighted by molar-refractivity contribution is 0.376. The predicted molar refractivity (Wildman–Crippen MR) is 57.3 cm³/mol. The molecule has 4 N–H and O–H groups in total. The Morgan fingerprint density at radius 1 is 0.750 bits per heavy atom. The van der Waals surface area contributed by atoms with Crippen LogP contribution in [-0.2, 0) is 48.6 Å². The quantitative estimate of drug-likeness (QED) is 0.248. The lowest BCUT2D eigenvalue weighted by Gasteiger charge is -2.13. The molecule has 0 fully saturated rings. The molecule has 4 atom stereocenters. The molecule has 0 saturated heterocycles. The number of hydrogen-bond donors (Lipinski definition) is 6. The monoisotopic (exact) mass is 342 g/mol. The Morgan fingerprint density at radius 3 is 1.31 bits per heavy atom. The van der Waals surface area contributed by atoms with Gasteiger partial charge in [-0.05, 0) is 0 Å². The van der Waals surface area contributed by atoms with Gasteiger partial charge in [0.15, 0.2) is 0 Å². The fourth-order valence-electron chi connectivity index (χ4n) is 0.252. The Hall–Kier alpha value is 0.830. The molecule has 0 radical (unpaired) electrons. The molecule has 0 spiro atoms. The highest BCUT2D eigenvalue weighted by atomic mass is 32.3. The number of thiol groups is 2. The molecule has 0 amide bonds. The zero-order chi connectivity index (χ0) is 12.7. The van der Waals surface area contributed by atoms with Gasteiger partial charge in [-0.3, -0.25) is 9.11 Å². The van der Waals surface area contributed by atoms with Gasteiger partial charge in [0.05, 0.1) is 0 Å². The first kappa shape index (κ1) is 16.8. The topological polar surface area (TPSA) is 169 Å². The van der Waals surface area contributed by atoms with Crippen LogP contribution < -0.4 is 0 Å². The van der Waals surface area contributed by atoms with E-state index >= 15 is 0 Å². The summed E-state index contributed by atoms with van der Waals surface area (Å²) in [6.07, 6.45) is 0. The van der Waals surface area contributed by atoms with Crippen LogP contribution in [0.2, 0.25) is 0 Å². The van der Waals surface area contributed by atoms with E-state index in [1.54, 1.807) is 0 Å². The van der Waals surface area contributed by atoms with Crippen molar-refractivity contribution < 1.29 is 45.4 Å². The maximum Gasteiger partial charge on any atom is 0.332 e. The van der Waals surface area contributed by atoms with Gasteiger partial charge < -0.3 is 9.11 Å². The number of hydrogen-bond acceptors (Lipinski definition) is 9. The van der Waals surface area contributed by atoms with Crippen LogP contribution in [0.15, 0.2) is 0 Å². The molecule has 0 aromatic heterocycles. The summed E-state index contributed by atoms with van der Waals surface area (Å²) >= 11 is -14.5. The van der Waals surface area contributed by atoms with E-state index in [4.69, 9.17) is 18.2 Å². The van der Waals surface area contributed by atoms with Crippen molar-refractivity contribution in [3.05, 3.63) is 0 Å². The summed E-state index contributed by atoms with van der Waals surface area (Å²) in [5, 5.41) is 0. The van der Waals surface area contributed by atoms with Crippen molar-refractivity contribution in [3.63, 3.8) is 0 Å². The van der Waals surface area contributed by atoms with Crippen molar-refractivity contribution in [1.82, 2.24) is 0 Å². The zero-order valence-electron chi connectivity index (χ0n) is 6.77. The maximum absolute atomic E-state index is 10.7. The highest BCUT2D eigenvalue weighted by Gasteiger charge is 2.15. The van der Waals surface area contributed by atoms with E-state index in [1.165, 1.54) is 0 Å². The van der Waals surface area contributed by atoms with Crippen LogP contribution in [0, 0.1) is 0 Å². The Balaban J connectivity index is 3.89. The van der Waals surface area contributed by atoms with E-state index in [-0.39, 0.29) is 0 Å². The first-order chi connectivity index (χ1) is 7.31. The molecule has 0 heterocycles. The van der Waals surface area contributed by atoms with E-state index in [0.717, 1.165) is 0 Å². The Morgan fingerprint density at radius 2 is 1.06 bits per heavy atom. The highest BCUT2D eigenvalue weighted by Crippen LogP contribution is 2.31. The van der Waals surface area contributed by atoms with Gasteiger partial charge in [0.1, 0.15) is 23.5 Å². The van der Waals surface area contributed by atoms with Gasteiger partial charge in [-0.2, -0.15) is 27.1 Å². The van der Waals surface area contributed by atoms with Gasteiger partial charge in [-0.25, -0.2) is 0 Å². The second-order valence-electron chi connectivity index (χ2n) is 1.41. The molecule has 0 aliphatic carbocycles. The molecular weight excluding hydrogens is 336 g/mol. The van der Waals surface area contributed by atoms with Gasteiger partial charge in [0, 0.05) is 0 Å². The van der Waals surface area contributed by atoms with E-state index in [1.807, 2.05) is 0 Å². The van der Waals surface area contributed by atoms with Gasteiger partial charge in [-0.1, -0.05) is 0 Å². The second-order valence-corrected chi connectivity index (χ2v) is 6.03. The summed E-state index contributed by atoms with van der Waals surface area (Å²) in [4.78, 5) is 0. The van der Waals surface area contributed by atoms with E-state index in [9.17, 15) is 12.6 Å². The summed E-state index contributed by atoms with van der Waals surface area (Å²) in [6.45, 7) is 0. The lowest BCUT2D eigenvalue weighted by Crippen LogP contribution is -2.04. The van der Waals surface area contributed by atoms with E-state index in [0.29, 0.717) is 0 Å². The van der Waals surface area contributed by atoms with E-state index < -0.39 is 57.6 Å². The predicted octanol–water partition coefficient (Wildman–Crippen LogP) is -0.487.